The monoisotopic (exact) mass is 534 g/mol. The van der Waals surface area contributed by atoms with E-state index < -0.39 is 17.3 Å². The molecule has 1 aliphatic heterocycles. The van der Waals surface area contributed by atoms with E-state index in [1.54, 1.807) is 0 Å². The fourth-order valence-electron chi connectivity index (χ4n) is 12.1. The molecule has 0 bridgehead atoms. The predicted octanol–water partition coefficient (Wildman–Crippen LogP) is 6.32. The van der Waals surface area contributed by atoms with Gasteiger partial charge in [0.25, 0.3) is 0 Å². The number of hydrogen-bond donors (Lipinski definition) is 3. The van der Waals surface area contributed by atoms with Crippen molar-refractivity contribution in [1.29, 1.82) is 0 Å². The van der Waals surface area contributed by atoms with Gasteiger partial charge in [-0.2, -0.15) is 0 Å². The highest BCUT2D eigenvalue weighted by Gasteiger charge is 2.74. The molecule has 0 radical (unpaired) electrons. The lowest BCUT2D eigenvalue weighted by atomic mass is 9.37. The molecule has 1 saturated heterocycles. The molecule has 5 aliphatic rings. The zero-order chi connectivity index (χ0) is 27.5. The van der Waals surface area contributed by atoms with Crippen LogP contribution < -0.4 is 0 Å². The second-order valence-electron chi connectivity index (χ2n) is 14.6. The quantitative estimate of drug-likeness (QED) is 0.356. The molecule has 38 heavy (non-hydrogen) atoms. The summed E-state index contributed by atoms with van der Waals surface area (Å²) in [6.07, 6.45) is 10.4. The third-order valence-electron chi connectivity index (χ3n) is 13.6. The first-order valence-electron chi connectivity index (χ1n) is 16.4. The topological polar surface area (TPSA) is 79.2 Å². The van der Waals surface area contributed by atoms with Gasteiger partial charge in [-0.15, -0.1) is 0 Å². The van der Waals surface area contributed by atoms with Crippen LogP contribution in [0.25, 0.3) is 0 Å². The van der Waals surface area contributed by atoms with Crippen LogP contribution in [-0.4, -0.2) is 52.1 Å². The van der Waals surface area contributed by atoms with Crippen molar-refractivity contribution in [1.82, 2.24) is 0 Å². The molecule has 0 aromatic rings. The Morgan fingerprint density at radius 2 is 1.42 bits per heavy atom. The SMILES string of the molecule is CCC1C(CC)C2(O)CC(O)CC[C@]2(C)[C@@H]2CC[C@@]3(C)[C@@H](C(CC)C(CC)C3(O)CCC3OCCCO3)[C@H]12. The van der Waals surface area contributed by atoms with Crippen molar-refractivity contribution in [2.45, 2.75) is 142 Å². The molecule has 5 fully saturated rings. The van der Waals surface area contributed by atoms with Crippen molar-refractivity contribution in [2.75, 3.05) is 13.2 Å². The summed E-state index contributed by atoms with van der Waals surface area (Å²) >= 11 is 0. The Bertz CT molecular complexity index is 828. The highest BCUT2D eigenvalue weighted by atomic mass is 16.7. The number of rotatable bonds is 7. The second-order valence-corrected chi connectivity index (χ2v) is 14.6. The highest BCUT2D eigenvalue weighted by Crippen LogP contribution is 2.75. The minimum absolute atomic E-state index is 0.143. The molecule has 0 amide bonds. The largest absolute Gasteiger partial charge is 0.393 e. The first-order chi connectivity index (χ1) is 18.1. The predicted molar refractivity (Wildman–Crippen MR) is 150 cm³/mol. The molecule has 12 atom stereocenters. The fourth-order valence-corrected chi connectivity index (χ4v) is 12.1. The summed E-state index contributed by atoms with van der Waals surface area (Å²) in [7, 11) is 0. The van der Waals surface area contributed by atoms with Crippen molar-refractivity contribution >= 4 is 0 Å². The molecular weight excluding hydrogens is 476 g/mol. The molecule has 7 unspecified atom stereocenters. The van der Waals surface area contributed by atoms with Gasteiger partial charge in [0, 0.05) is 12.8 Å². The summed E-state index contributed by atoms with van der Waals surface area (Å²) in [4.78, 5) is 0. The highest BCUT2D eigenvalue weighted by molar-refractivity contribution is 5.23. The van der Waals surface area contributed by atoms with Gasteiger partial charge in [-0.25, -0.2) is 0 Å². The van der Waals surface area contributed by atoms with Crippen LogP contribution in [0.2, 0.25) is 0 Å². The van der Waals surface area contributed by atoms with E-state index in [0.29, 0.717) is 36.0 Å². The van der Waals surface area contributed by atoms with E-state index >= 15 is 0 Å². The Morgan fingerprint density at radius 3 is 2.03 bits per heavy atom. The van der Waals surface area contributed by atoms with E-state index in [-0.39, 0.29) is 29.0 Å². The minimum Gasteiger partial charge on any atom is -0.393 e. The number of ether oxygens (including phenoxy) is 2. The van der Waals surface area contributed by atoms with Crippen LogP contribution in [0.15, 0.2) is 0 Å². The van der Waals surface area contributed by atoms with E-state index in [9.17, 15) is 15.3 Å². The molecule has 0 spiro atoms. The van der Waals surface area contributed by atoms with Gasteiger partial charge in [0.2, 0.25) is 0 Å². The van der Waals surface area contributed by atoms with E-state index in [2.05, 4.69) is 41.5 Å². The lowest BCUT2D eigenvalue weighted by molar-refractivity contribution is -0.276. The maximum Gasteiger partial charge on any atom is 0.157 e. The Hall–Kier alpha value is -0.200. The van der Waals surface area contributed by atoms with Crippen LogP contribution >= 0.6 is 0 Å². The molecule has 5 heteroatoms. The molecule has 1 heterocycles. The van der Waals surface area contributed by atoms with Crippen molar-refractivity contribution in [3.8, 4) is 0 Å². The lowest BCUT2D eigenvalue weighted by Crippen LogP contribution is -2.70. The van der Waals surface area contributed by atoms with Gasteiger partial charge >= 0.3 is 0 Å². The summed E-state index contributed by atoms with van der Waals surface area (Å²) in [6, 6.07) is 0. The standard InChI is InChI=1S/C33H58O5/c1-7-22-24(9-3)33(36)20-21(34)12-15-30(33,5)26-13-16-31(6)29(28(22)26)23(8-2)25(10-4)32(31,35)17-14-27-37-18-11-19-38-27/h21-29,34-36H,7-20H2,1-6H3/t21?,22?,23?,24?,25?,26-,28-,29+,30-,31+,32?,33?/m1/s1. The van der Waals surface area contributed by atoms with Gasteiger partial charge in [0.15, 0.2) is 6.29 Å². The van der Waals surface area contributed by atoms with E-state index in [4.69, 9.17) is 9.47 Å². The number of hydrogen-bond acceptors (Lipinski definition) is 5. The molecule has 3 N–H and O–H groups in total. The summed E-state index contributed by atoms with van der Waals surface area (Å²) in [5, 5.41) is 36.2. The third kappa shape index (κ3) is 3.95. The molecular formula is C33H58O5. The fraction of sp³-hybridized carbons (Fsp3) is 1.00. The maximum absolute atomic E-state index is 12.9. The molecule has 0 aromatic heterocycles. The van der Waals surface area contributed by atoms with Gasteiger partial charge < -0.3 is 24.8 Å². The van der Waals surface area contributed by atoms with Crippen LogP contribution in [0.4, 0.5) is 0 Å². The summed E-state index contributed by atoms with van der Waals surface area (Å²) in [5.74, 6) is 2.82. The van der Waals surface area contributed by atoms with Gasteiger partial charge in [-0.05, 0) is 90.8 Å². The zero-order valence-corrected chi connectivity index (χ0v) is 25.3. The Labute approximate surface area is 232 Å². The Balaban J connectivity index is 1.56. The smallest absolute Gasteiger partial charge is 0.157 e. The normalized spacial score (nSPS) is 53.3. The minimum atomic E-state index is -0.800. The van der Waals surface area contributed by atoms with Crippen molar-refractivity contribution in [3.05, 3.63) is 0 Å². The van der Waals surface area contributed by atoms with Crippen LogP contribution in [0.1, 0.15) is 119 Å². The molecule has 5 rings (SSSR count). The van der Waals surface area contributed by atoms with Crippen LogP contribution in [0, 0.1) is 52.3 Å². The van der Waals surface area contributed by atoms with E-state index in [1.165, 1.54) is 0 Å². The summed E-state index contributed by atoms with van der Waals surface area (Å²) < 4.78 is 11.9. The van der Waals surface area contributed by atoms with Crippen LogP contribution in [0.5, 0.6) is 0 Å². The van der Waals surface area contributed by atoms with Gasteiger partial charge in [-0.1, -0.05) is 67.2 Å². The Kier molecular flexibility index (Phi) is 8.15. The van der Waals surface area contributed by atoms with Crippen LogP contribution in [0.3, 0.4) is 0 Å². The summed E-state index contributed by atoms with van der Waals surface area (Å²) in [5.41, 5.74) is -1.84. The average molecular weight is 535 g/mol. The van der Waals surface area contributed by atoms with Crippen LogP contribution in [-0.2, 0) is 9.47 Å². The third-order valence-corrected chi connectivity index (χ3v) is 13.6. The van der Waals surface area contributed by atoms with Gasteiger partial charge in [-0.3, -0.25) is 0 Å². The first-order valence-corrected chi connectivity index (χ1v) is 16.4. The molecule has 4 saturated carbocycles. The number of aliphatic hydroxyl groups is 3. The maximum atomic E-state index is 12.9. The average Bonchev–Trinajstić information content (AvgIpc) is 3.11. The first kappa shape index (κ1) is 29.3. The van der Waals surface area contributed by atoms with Gasteiger partial charge in [0.05, 0.1) is 30.5 Å². The summed E-state index contributed by atoms with van der Waals surface area (Å²) in [6.45, 7) is 15.6. The second kappa shape index (κ2) is 10.6. The molecule has 4 aliphatic carbocycles. The Morgan fingerprint density at radius 1 is 0.789 bits per heavy atom. The van der Waals surface area contributed by atoms with Crippen molar-refractivity contribution in [2.24, 2.45) is 52.3 Å². The van der Waals surface area contributed by atoms with Gasteiger partial charge in [0.1, 0.15) is 0 Å². The number of aliphatic hydroxyl groups excluding tert-OH is 1. The molecule has 0 aromatic carbocycles. The van der Waals surface area contributed by atoms with Crippen molar-refractivity contribution < 1.29 is 24.8 Å². The zero-order valence-electron chi connectivity index (χ0n) is 25.3. The number of fused-ring (bicyclic) bond motifs is 5. The van der Waals surface area contributed by atoms with E-state index in [0.717, 1.165) is 83.8 Å². The van der Waals surface area contributed by atoms with Crippen molar-refractivity contribution in [3.63, 3.8) is 0 Å². The molecule has 220 valence electrons. The lowest BCUT2D eigenvalue weighted by Gasteiger charge is -2.69. The van der Waals surface area contributed by atoms with E-state index in [1.807, 2.05) is 0 Å². The molecule has 5 nitrogen and oxygen atoms in total.